The predicted octanol–water partition coefficient (Wildman–Crippen LogP) is -0.0273. The van der Waals surface area contributed by atoms with Crippen molar-refractivity contribution in [2.24, 2.45) is 5.92 Å². The summed E-state index contributed by atoms with van der Waals surface area (Å²) < 4.78 is 16.1. The Bertz CT molecular complexity index is 350. The summed E-state index contributed by atoms with van der Waals surface area (Å²) in [6, 6.07) is 0. The van der Waals surface area contributed by atoms with E-state index in [1.165, 1.54) is 0 Å². The molecule has 0 bridgehead atoms. The van der Waals surface area contributed by atoms with Crippen LogP contribution in [0.15, 0.2) is 12.2 Å². The fraction of sp³-hybridized carbons (Fsp3) is 0.636. The zero-order chi connectivity index (χ0) is 12.4. The summed E-state index contributed by atoms with van der Waals surface area (Å²) in [7, 11) is 0. The van der Waals surface area contributed by atoms with Crippen molar-refractivity contribution in [1.29, 1.82) is 0 Å². The lowest BCUT2D eigenvalue weighted by Crippen LogP contribution is -2.32. The Labute approximate surface area is 98.1 Å². The van der Waals surface area contributed by atoms with Crippen LogP contribution in [0.5, 0.6) is 0 Å². The zero-order valence-electron chi connectivity index (χ0n) is 9.37. The fourth-order valence-corrected chi connectivity index (χ4v) is 2.08. The highest BCUT2D eigenvalue weighted by molar-refractivity contribution is 5.90. The Hall–Kier alpha value is -1.40. The highest BCUT2D eigenvalue weighted by Crippen LogP contribution is 2.32. The van der Waals surface area contributed by atoms with Crippen LogP contribution in [0.25, 0.3) is 0 Å². The molecule has 2 heterocycles. The van der Waals surface area contributed by atoms with Crippen LogP contribution in [0.3, 0.4) is 0 Å². The minimum Gasteiger partial charge on any atom is -0.478 e. The average Bonchev–Trinajstić information content (AvgIpc) is 2.81. The highest BCUT2D eigenvalue weighted by atomic mass is 16.6. The van der Waals surface area contributed by atoms with Gasteiger partial charge in [0.25, 0.3) is 0 Å². The summed E-state index contributed by atoms with van der Waals surface area (Å²) in [5.41, 5.74) is 0. The van der Waals surface area contributed by atoms with E-state index in [0.717, 1.165) is 12.2 Å². The van der Waals surface area contributed by atoms with E-state index in [4.69, 9.17) is 19.3 Å². The molecule has 0 aromatic heterocycles. The van der Waals surface area contributed by atoms with Gasteiger partial charge in [-0.15, -0.1) is 0 Å². The summed E-state index contributed by atoms with van der Waals surface area (Å²) in [5, 5.41) is 8.36. The largest absolute Gasteiger partial charge is 0.478 e. The molecule has 0 aliphatic carbocycles. The van der Waals surface area contributed by atoms with Gasteiger partial charge in [-0.3, -0.25) is 0 Å². The molecule has 0 unspecified atom stereocenters. The lowest BCUT2D eigenvalue weighted by Gasteiger charge is -2.15. The number of carbonyl (C=O) groups excluding carboxylic acids is 1. The molecule has 0 saturated carbocycles. The monoisotopic (exact) mass is 242 g/mol. The zero-order valence-corrected chi connectivity index (χ0v) is 9.37. The van der Waals surface area contributed by atoms with Crippen molar-refractivity contribution in [2.45, 2.75) is 25.2 Å². The van der Waals surface area contributed by atoms with Gasteiger partial charge in [0.1, 0.15) is 6.10 Å². The van der Waals surface area contributed by atoms with E-state index in [9.17, 15) is 9.59 Å². The lowest BCUT2D eigenvalue weighted by molar-refractivity contribution is -0.148. The maximum absolute atomic E-state index is 11.3. The van der Waals surface area contributed by atoms with E-state index in [1.807, 2.05) is 6.92 Å². The first-order valence-electron chi connectivity index (χ1n) is 5.42. The number of carboxylic acids is 1. The van der Waals surface area contributed by atoms with E-state index >= 15 is 0 Å². The van der Waals surface area contributed by atoms with E-state index in [-0.39, 0.29) is 12.2 Å². The van der Waals surface area contributed by atoms with Crippen molar-refractivity contribution in [1.82, 2.24) is 0 Å². The van der Waals surface area contributed by atoms with E-state index in [0.29, 0.717) is 19.1 Å². The second-order valence-electron chi connectivity index (χ2n) is 4.22. The molecule has 2 rings (SSSR count). The molecule has 4 atom stereocenters. The van der Waals surface area contributed by atoms with Crippen molar-refractivity contribution in [3.8, 4) is 0 Å². The number of carbonyl (C=O) groups is 2. The molecular weight excluding hydrogens is 228 g/mol. The first kappa shape index (κ1) is 12.1. The molecule has 1 N–H and O–H groups in total. The topological polar surface area (TPSA) is 82.1 Å². The van der Waals surface area contributed by atoms with Crippen LogP contribution < -0.4 is 0 Å². The molecule has 6 nitrogen and oxygen atoms in total. The summed E-state index contributed by atoms with van der Waals surface area (Å²) in [6.45, 7) is 2.90. The number of aliphatic carboxylic acids is 1. The maximum atomic E-state index is 11.3. The molecule has 0 radical (unpaired) electrons. The number of carboxylic acid groups (broad SMARTS) is 1. The Morgan fingerprint density at radius 2 is 1.94 bits per heavy atom. The molecule has 0 spiro atoms. The number of fused-ring (bicyclic) bond motifs is 1. The molecule has 94 valence electrons. The van der Waals surface area contributed by atoms with Crippen LogP contribution in [0, 0.1) is 5.92 Å². The van der Waals surface area contributed by atoms with Crippen LogP contribution in [-0.2, 0) is 23.8 Å². The van der Waals surface area contributed by atoms with Crippen LogP contribution >= 0.6 is 0 Å². The minimum atomic E-state index is -1.19. The van der Waals surface area contributed by atoms with E-state index < -0.39 is 18.0 Å². The first-order chi connectivity index (χ1) is 8.08. The summed E-state index contributed by atoms with van der Waals surface area (Å²) >= 11 is 0. The van der Waals surface area contributed by atoms with Crippen LogP contribution in [0.1, 0.15) is 6.92 Å². The number of esters is 1. The van der Waals surface area contributed by atoms with Crippen LogP contribution in [0.4, 0.5) is 0 Å². The third kappa shape index (κ3) is 2.65. The Morgan fingerprint density at radius 3 is 2.65 bits per heavy atom. The fourth-order valence-electron chi connectivity index (χ4n) is 2.08. The van der Waals surface area contributed by atoms with Gasteiger partial charge in [-0.05, 0) is 0 Å². The standard InChI is InChI=1S/C11H14O6/c1-6-4-15-11-7(5-16-10(6)11)17-9(14)3-2-8(12)13/h2-3,6-7,10-11H,4-5H2,1H3,(H,12,13)/b3-2+/t6-,7-,10+,11+/m0/s1. The van der Waals surface area contributed by atoms with E-state index in [2.05, 4.69) is 0 Å². The Morgan fingerprint density at radius 1 is 1.24 bits per heavy atom. The number of hydrogen-bond donors (Lipinski definition) is 1. The molecule has 17 heavy (non-hydrogen) atoms. The smallest absolute Gasteiger partial charge is 0.331 e. The van der Waals surface area contributed by atoms with Gasteiger partial charge in [-0.25, -0.2) is 9.59 Å². The lowest BCUT2D eigenvalue weighted by atomic mass is 10.0. The molecule has 0 aromatic rings. The average molecular weight is 242 g/mol. The third-order valence-electron chi connectivity index (χ3n) is 2.89. The van der Waals surface area contributed by atoms with Crippen molar-refractivity contribution < 1.29 is 28.9 Å². The van der Waals surface area contributed by atoms with Gasteiger partial charge in [0, 0.05) is 18.1 Å². The summed E-state index contributed by atoms with van der Waals surface area (Å²) in [6.07, 6.45) is 0.918. The van der Waals surface area contributed by atoms with Gasteiger partial charge >= 0.3 is 11.9 Å². The van der Waals surface area contributed by atoms with Gasteiger partial charge in [0.05, 0.1) is 19.3 Å². The summed E-state index contributed by atoms with van der Waals surface area (Å²) in [5.74, 6) is -1.59. The van der Waals surface area contributed by atoms with Gasteiger partial charge in [-0.1, -0.05) is 6.92 Å². The van der Waals surface area contributed by atoms with E-state index in [1.54, 1.807) is 0 Å². The minimum absolute atomic E-state index is 0.0312. The van der Waals surface area contributed by atoms with Gasteiger partial charge in [-0.2, -0.15) is 0 Å². The Balaban J connectivity index is 1.88. The highest BCUT2D eigenvalue weighted by Gasteiger charge is 2.47. The second-order valence-corrected chi connectivity index (χ2v) is 4.22. The SMILES string of the molecule is C[C@H]1CO[C@H]2[C@@H]1OC[C@@H]2OC(=O)/C=C/C(=O)O. The van der Waals surface area contributed by atoms with Crippen molar-refractivity contribution in [3.05, 3.63) is 12.2 Å². The quantitative estimate of drug-likeness (QED) is 0.553. The Kier molecular flexibility index (Phi) is 3.44. The first-order valence-corrected chi connectivity index (χ1v) is 5.42. The van der Waals surface area contributed by atoms with Crippen molar-refractivity contribution in [2.75, 3.05) is 13.2 Å². The molecule has 2 fully saturated rings. The molecule has 0 aromatic carbocycles. The van der Waals surface area contributed by atoms with Crippen LogP contribution in [-0.4, -0.2) is 48.6 Å². The second kappa shape index (κ2) is 4.85. The van der Waals surface area contributed by atoms with Gasteiger partial charge in [0.15, 0.2) is 6.10 Å². The number of hydrogen-bond acceptors (Lipinski definition) is 5. The normalized spacial score (nSPS) is 36.1. The third-order valence-corrected chi connectivity index (χ3v) is 2.89. The molecule has 2 aliphatic heterocycles. The molecule has 6 heteroatoms. The molecule has 2 saturated heterocycles. The van der Waals surface area contributed by atoms with Gasteiger partial charge in [0.2, 0.25) is 0 Å². The van der Waals surface area contributed by atoms with Crippen molar-refractivity contribution >= 4 is 11.9 Å². The maximum Gasteiger partial charge on any atom is 0.331 e. The molecule has 0 amide bonds. The number of rotatable bonds is 3. The molecular formula is C11H14O6. The summed E-state index contributed by atoms with van der Waals surface area (Å²) in [4.78, 5) is 21.5. The van der Waals surface area contributed by atoms with Gasteiger partial charge < -0.3 is 19.3 Å². The van der Waals surface area contributed by atoms with Crippen molar-refractivity contribution in [3.63, 3.8) is 0 Å². The molecule has 2 aliphatic rings. The van der Waals surface area contributed by atoms with Crippen LogP contribution in [0.2, 0.25) is 0 Å². The number of ether oxygens (including phenoxy) is 3. The predicted molar refractivity (Wildman–Crippen MR) is 55.3 cm³/mol.